The van der Waals surface area contributed by atoms with E-state index in [4.69, 9.17) is 33.5 Å². The van der Waals surface area contributed by atoms with Gasteiger partial charge in [0.05, 0.1) is 14.2 Å². The lowest BCUT2D eigenvalue weighted by Crippen LogP contribution is -2.10. The summed E-state index contributed by atoms with van der Waals surface area (Å²) in [6.07, 6.45) is 0. The summed E-state index contributed by atoms with van der Waals surface area (Å²) >= 11 is 14.7. The molecule has 0 bridgehead atoms. The van der Waals surface area contributed by atoms with Crippen LogP contribution in [0.4, 0.5) is 0 Å². The first-order chi connectivity index (χ1) is 10.5. The summed E-state index contributed by atoms with van der Waals surface area (Å²) in [5.41, 5.74) is 0. The van der Waals surface area contributed by atoms with Gasteiger partial charge >= 0.3 is 0 Å². The number of hydrogen-bond donors (Lipinski definition) is 1. The smallest absolute Gasteiger partial charge is 0.232 e. The molecule has 1 heterocycles. The monoisotopic (exact) mass is 405 g/mol. The van der Waals surface area contributed by atoms with Gasteiger partial charge in [0, 0.05) is 17.6 Å². The second-order valence-electron chi connectivity index (χ2n) is 4.58. The van der Waals surface area contributed by atoms with Crippen molar-refractivity contribution in [2.24, 2.45) is 0 Å². The van der Waals surface area contributed by atoms with E-state index in [1.807, 2.05) is 46.3 Å². The average molecular weight is 405 g/mol. The minimum Gasteiger partial charge on any atom is -0.497 e. The van der Waals surface area contributed by atoms with Crippen LogP contribution in [0.15, 0.2) is 48.5 Å². The maximum absolute atomic E-state index is 5.93. The van der Waals surface area contributed by atoms with Gasteiger partial charge in [0.15, 0.2) is 4.44 Å². The second kappa shape index (κ2) is 6.58. The standard InChI is InChI=1S/C14H15O2P2S4/c1-15-11-3-7-13(8-4-11)17(19)21-18(20,22-17)14-9-5-12(16-2)6-10-14/h3-10,19H,1-2H3/q+1. The predicted octanol–water partition coefficient (Wildman–Crippen LogP) is 5.14. The highest BCUT2D eigenvalue weighted by Gasteiger charge is 2.61. The number of rotatable bonds is 4. The van der Waals surface area contributed by atoms with E-state index in [1.54, 1.807) is 14.2 Å². The molecule has 2 aromatic rings. The molecule has 0 radical (unpaired) electrons. The van der Waals surface area contributed by atoms with Crippen LogP contribution in [0.5, 0.6) is 11.5 Å². The fourth-order valence-corrected chi connectivity index (χ4v) is 45.9. The minimum atomic E-state index is -1.63. The molecule has 0 amide bonds. The third kappa shape index (κ3) is 3.19. The quantitative estimate of drug-likeness (QED) is 0.559. The van der Waals surface area contributed by atoms with Gasteiger partial charge in [-0.2, -0.15) is 0 Å². The molecule has 0 aliphatic carbocycles. The summed E-state index contributed by atoms with van der Waals surface area (Å²) in [6, 6.07) is 16.3. The van der Waals surface area contributed by atoms with Crippen molar-refractivity contribution in [1.29, 1.82) is 0 Å². The van der Waals surface area contributed by atoms with Crippen molar-refractivity contribution in [3.05, 3.63) is 48.5 Å². The summed E-state index contributed by atoms with van der Waals surface area (Å²) in [4.78, 5) is -1.55. The van der Waals surface area contributed by atoms with E-state index in [0.717, 1.165) is 11.5 Å². The normalized spacial score (nSPS) is 27.0. The lowest BCUT2D eigenvalue weighted by atomic mass is 10.3. The van der Waals surface area contributed by atoms with E-state index in [0.29, 0.717) is 0 Å². The summed E-state index contributed by atoms with van der Waals surface area (Å²) in [5, 5.41) is 2.50. The molecular formula is C14H15O2P2S4+. The van der Waals surface area contributed by atoms with E-state index in [1.165, 1.54) is 10.6 Å². The molecule has 0 N–H and O–H groups in total. The van der Waals surface area contributed by atoms with Crippen molar-refractivity contribution >= 4 is 66.0 Å². The van der Waals surface area contributed by atoms with E-state index in [2.05, 4.69) is 24.3 Å². The summed E-state index contributed by atoms with van der Waals surface area (Å²) in [6.45, 7) is 0. The molecule has 2 aromatic carbocycles. The largest absolute Gasteiger partial charge is 0.497 e. The predicted molar refractivity (Wildman–Crippen MR) is 111 cm³/mol. The Labute approximate surface area is 149 Å². The Kier molecular flexibility index (Phi) is 5.09. The van der Waals surface area contributed by atoms with Gasteiger partial charge in [0.2, 0.25) is 4.87 Å². The van der Waals surface area contributed by atoms with Gasteiger partial charge in [-0.3, -0.25) is 0 Å². The molecule has 116 valence electrons. The summed E-state index contributed by atoms with van der Waals surface area (Å²) < 4.78 is 8.80. The van der Waals surface area contributed by atoms with Gasteiger partial charge in [-0.15, -0.1) is 0 Å². The fourth-order valence-electron chi connectivity index (χ4n) is 2.02. The minimum absolute atomic E-state index is 0.864. The van der Waals surface area contributed by atoms with Crippen molar-refractivity contribution in [1.82, 2.24) is 0 Å². The van der Waals surface area contributed by atoms with Crippen LogP contribution in [0.1, 0.15) is 0 Å². The van der Waals surface area contributed by atoms with E-state index < -0.39 is 9.31 Å². The van der Waals surface area contributed by atoms with Gasteiger partial charge in [0.1, 0.15) is 38.8 Å². The summed E-state index contributed by atoms with van der Waals surface area (Å²) in [5.74, 6) is 1.73. The highest BCUT2D eigenvalue weighted by molar-refractivity contribution is 9.54. The zero-order valence-corrected chi connectivity index (χ0v) is 17.1. The zero-order valence-electron chi connectivity index (χ0n) is 12.0. The highest BCUT2D eigenvalue weighted by atomic mass is 33.8. The second-order valence-corrected chi connectivity index (χ2v) is 26.3. The van der Waals surface area contributed by atoms with E-state index in [9.17, 15) is 0 Å². The fraction of sp³-hybridized carbons (Fsp3) is 0.143. The Bertz CT molecular complexity index is 709. The molecule has 1 aliphatic heterocycles. The van der Waals surface area contributed by atoms with Crippen LogP contribution >= 0.6 is 43.6 Å². The molecule has 1 fully saturated rings. The Balaban J connectivity index is 1.79. The third-order valence-corrected chi connectivity index (χ3v) is 35.0. The first kappa shape index (κ1) is 17.0. The van der Waals surface area contributed by atoms with Crippen LogP contribution in [-0.4, -0.2) is 14.2 Å². The molecule has 8 heteroatoms. The van der Waals surface area contributed by atoms with Crippen LogP contribution in [0.3, 0.4) is 0 Å². The van der Waals surface area contributed by atoms with Gasteiger partial charge in [0.25, 0.3) is 0 Å². The third-order valence-electron chi connectivity index (χ3n) is 3.22. The van der Waals surface area contributed by atoms with Crippen molar-refractivity contribution in [2.75, 3.05) is 14.2 Å². The number of benzene rings is 2. The van der Waals surface area contributed by atoms with Crippen molar-refractivity contribution in [2.45, 2.75) is 0 Å². The molecule has 1 aliphatic rings. The molecule has 0 aromatic heterocycles. The van der Waals surface area contributed by atoms with Crippen LogP contribution in [0, 0.1) is 0 Å². The maximum atomic E-state index is 5.93. The van der Waals surface area contributed by atoms with Crippen LogP contribution in [0.25, 0.3) is 0 Å². The topological polar surface area (TPSA) is 18.5 Å². The Hall–Kier alpha value is 0.170. The highest BCUT2D eigenvalue weighted by Crippen LogP contribution is 3.11. The average Bonchev–Trinajstić information content (AvgIpc) is 2.53. The van der Waals surface area contributed by atoms with Crippen LogP contribution < -0.4 is 20.1 Å². The zero-order chi connectivity index (χ0) is 15.8. The van der Waals surface area contributed by atoms with Crippen LogP contribution in [0.2, 0.25) is 0 Å². The number of ether oxygens (including phenoxy) is 2. The molecular weight excluding hydrogens is 390 g/mol. The van der Waals surface area contributed by atoms with E-state index in [-0.39, 0.29) is 0 Å². The molecule has 2 nitrogen and oxygen atoms in total. The first-order valence-electron chi connectivity index (χ1n) is 6.43. The van der Waals surface area contributed by atoms with Gasteiger partial charge < -0.3 is 9.47 Å². The number of hydrogen-bond acceptors (Lipinski definition) is 6. The molecule has 3 rings (SSSR count). The van der Waals surface area contributed by atoms with Gasteiger partial charge in [-0.25, -0.2) is 0 Å². The molecule has 0 atom stereocenters. The maximum Gasteiger partial charge on any atom is 0.232 e. The first-order valence-corrected chi connectivity index (χ1v) is 16.2. The Morgan fingerprint density at radius 1 is 0.909 bits per heavy atom. The Morgan fingerprint density at radius 2 is 1.36 bits per heavy atom. The van der Waals surface area contributed by atoms with Crippen molar-refractivity contribution in [3.8, 4) is 11.5 Å². The van der Waals surface area contributed by atoms with Gasteiger partial charge in [-0.05, 0) is 48.5 Å². The van der Waals surface area contributed by atoms with Crippen molar-refractivity contribution < 1.29 is 9.47 Å². The summed E-state index contributed by atoms with van der Waals surface area (Å²) in [7, 11) is 3.35. The Morgan fingerprint density at radius 3 is 1.82 bits per heavy atom. The molecule has 0 saturated carbocycles. The molecule has 0 unspecified atom stereocenters. The molecule has 0 spiro atoms. The number of methoxy groups -OCH3 is 2. The van der Waals surface area contributed by atoms with Crippen molar-refractivity contribution in [3.63, 3.8) is 0 Å². The molecule has 1 saturated heterocycles. The number of thiol groups is 1. The SMILES string of the molecule is COc1ccc(P2(=S)S[P+](S)(c3ccc(OC)cc3)S2)cc1. The van der Waals surface area contributed by atoms with Crippen LogP contribution in [-0.2, 0) is 11.8 Å². The molecule has 22 heavy (non-hydrogen) atoms. The van der Waals surface area contributed by atoms with E-state index >= 15 is 0 Å². The lowest BCUT2D eigenvalue weighted by Gasteiger charge is -2.34. The lowest BCUT2D eigenvalue weighted by molar-refractivity contribution is 0.415. The van der Waals surface area contributed by atoms with Gasteiger partial charge in [-0.1, -0.05) is 11.8 Å².